The molecular weight excluding hydrogens is 416 g/mol. The molecule has 0 fully saturated rings. The summed E-state index contributed by atoms with van der Waals surface area (Å²) in [7, 11) is 0. The van der Waals surface area contributed by atoms with Crippen LogP contribution in [-0.2, 0) is 5.75 Å². The highest BCUT2D eigenvalue weighted by Crippen LogP contribution is 2.23. The van der Waals surface area contributed by atoms with Crippen molar-refractivity contribution in [3.8, 4) is 0 Å². The topological polar surface area (TPSA) is 70.1 Å². The number of hydrogen-bond donors (Lipinski definition) is 2. The van der Waals surface area contributed by atoms with E-state index in [1.165, 1.54) is 0 Å². The van der Waals surface area contributed by atoms with Gasteiger partial charge in [-0.1, -0.05) is 78.5 Å². The number of rotatable bonds is 6. The molecule has 32 heavy (non-hydrogen) atoms. The number of benzene rings is 4. The average molecular weight is 437 g/mol. The minimum atomic E-state index is -0.238. The number of thioether (sulfide) groups is 1. The lowest BCUT2D eigenvalue weighted by Gasteiger charge is -2.04. The second-order valence-corrected chi connectivity index (χ2v) is 8.28. The van der Waals surface area contributed by atoms with E-state index in [0.29, 0.717) is 5.56 Å². The molecule has 0 aliphatic heterocycles. The minimum absolute atomic E-state index is 0.238. The van der Waals surface area contributed by atoms with Crippen molar-refractivity contribution in [3.63, 3.8) is 0 Å². The number of hydrogen-bond acceptors (Lipinski definition) is 4. The molecular formula is C26H20N4OS. The van der Waals surface area contributed by atoms with Crippen molar-refractivity contribution >= 4 is 45.7 Å². The van der Waals surface area contributed by atoms with Gasteiger partial charge in [-0.3, -0.25) is 4.79 Å². The largest absolute Gasteiger partial charge is 0.333 e. The molecule has 1 aromatic heterocycles. The summed E-state index contributed by atoms with van der Waals surface area (Å²) in [5, 5.41) is 7.27. The summed E-state index contributed by atoms with van der Waals surface area (Å²) in [5.74, 6) is 0.527. The van der Waals surface area contributed by atoms with Crippen LogP contribution in [0, 0.1) is 0 Å². The number of amides is 1. The van der Waals surface area contributed by atoms with Gasteiger partial charge in [0, 0.05) is 16.9 Å². The van der Waals surface area contributed by atoms with E-state index in [9.17, 15) is 4.79 Å². The minimum Gasteiger partial charge on any atom is -0.333 e. The first kappa shape index (κ1) is 20.0. The van der Waals surface area contributed by atoms with Crippen molar-refractivity contribution in [1.82, 2.24) is 15.4 Å². The standard InChI is InChI=1S/C26H20N4OS/c31-25(30-27-16-21-8-5-7-19-6-1-2-9-22(19)21)20-14-12-18(13-15-20)17-32-26-28-23-10-3-4-11-24(23)29-26/h1-16H,17H2,(H,28,29)(H,30,31). The molecule has 1 amide bonds. The smallest absolute Gasteiger partial charge is 0.271 e. The molecule has 2 N–H and O–H groups in total. The Morgan fingerprint density at radius 2 is 1.72 bits per heavy atom. The van der Waals surface area contributed by atoms with Gasteiger partial charge in [-0.05, 0) is 40.6 Å². The van der Waals surface area contributed by atoms with Crippen LogP contribution in [0.4, 0.5) is 0 Å². The van der Waals surface area contributed by atoms with E-state index in [1.807, 2.05) is 78.9 Å². The van der Waals surface area contributed by atoms with Crippen LogP contribution in [-0.4, -0.2) is 22.1 Å². The predicted octanol–water partition coefficient (Wildman–Crippen LogP) is 5.77. The molecule has 6 heteroatoms. The van der Waals surface area contributed by atoms with Crippen molar-refractivity contribution in [2.45, 2.75) is 10.9 Å². The lowest BCUT2D eigenvalue weighted by atomic mass is 10.1. The number of carbonyl (C=O) groups is 1. The third kappa shape index (κ3) is 4.40. The van der Waals surface area contributed by atoms with E-state index in [1.54, 1.807) is 18.0 Å². The first-order valence-corrected chi connectivity index (χ1v) is 11.2. The van der Waals surface area contributed by atoms with E-state index in [-0.39, 0.29) is 5.91 Å². The maximum atomic E-state index is 12.4. The number of H-pyrrole nitrogens is 1. The average Bonchev–Trinajstić information content (AvgIpc) is 3.26. The number of fused-ring (bicyclic) bond motifs is 2. The zero-order chi connectivity index (χ0) is 21.8. The van der Waals surface area contributed by atoms with Crippen LogP contribution < -0.4 is 5.43 Å². The van der Waals surface area contributed by atoms with Crippen LogP contribution in [0.3, 0.4) is 0 Å². The lowest BCUT2D eigenvalue weighted by molar-refractivity contribution is 0.0955. The van der Waals surface area contributed by atoms with Crippen molar-refractivity contribution < 1.29 is 4.79 Å². The van der Waals surface area contributed by atoms with Crippen molar-refractivity contribution in [3.05, 3.63) is 108 Å². The Kier molecular flexibility index (Phi) is 5.68. The summed E-state index contributed by atoms with van der Waals surface area (Å²) in [6.07, 6.45) is 1.68. The Morgan fingerprint density at radius 3 is 2.59 bits per heavy atom. The van der Waals surface area contributed by atoms with E-state index in [2.05, 4.69) is 32.6 Å². The van der Waals surface area contributed by atoms with Gasteiger partial charge >= 0.3 is 0 Å². The molecule has 4 aromatic carbocycles. The van der Waals surface area contributed by atoms with E-state index < -0.39 is 0 Å². The molecule has 0 aliphatic carbocycles. The van der Waals surface area contributed by atoms with Gasteiger partial charge in [0.25, 0.3) is 5.91 Å². The lowest BCUT2D eigenvalue weighted by Crippen LogP contribution is -2.17. The van der Waals surface area contributed by atoms with Gasteiger partial charge in [-0.15, -0.1) is 0 Å². The van der Waals surface area contributed by atoms with Crippen LogP contribution in [0.1, 0.15) is 21.5 Å². The number of aromatic amines is 1. The monoisotopic (exact) mass is 436 g/mol. The molecule has 0 unspecified atom stereocenters. The van der Waals surface area contributed by atoms with Gasteiger partial charge in [0.1, 0.15) is 0 Å². The molecule has 0 atom stereocenters. The Morgan fingerprint density at radius 1 is 0.938 bits per heavy atom. The number of imidazole rings is 1. The molecule has 0 saturated heterocycles. The second kappa shape index (κ2) is 9.08. The highest BCUT2D eigenvalue weighted by molar-refractivity contribution is 7.98. The summed E-state index contributed by atoms with van der Waals surface area (Å²) < 4.78 is 0. The van der Waals surface area contributed by atoms with Gasteiger partial charge in [0.2, 0.25) is 0 Å². The zero-order valence-electron chi connectivity index (χ0n) is 17.2. The van der Waals surface area contributed by atoms with Gasteiger partial charge in [-0.2, -0.15) is 5.10 Å². The number of hydrazone groups is 1. The molecule has 5 aromatic rings. The molecule has 5 rings (SSSR count). The Labute approximate surface area is 189 Å². The van der Waals surface area contributed by atoms with E-state index >= 15 is 0 Å². The molecule has 5 nitrogen and oxygen atoms in total. The number of nitrogens with one attached hydrogen (secondary N) is 2. The fourth-order valence-electron chi connectivity index (χ4n) is 3.49. The maximum Gasteiger partial charge on any atom is 0.271 e. The first-order valence-electron chi connectivity index (χ1n) is 10.2. The van der Waals surface area contributed by atoms with Crippen molar-refractivity contribution in [1.29, 1.82) is 0 Å². The molecule has 0 spiro atoms. The van der Waals surface area contributed by atoms with Crippen LogP contribution >= 0.6 is 11.8 Å². The molecule has 0 bridgehead atoms. The SMILES string of the molecule is O=C(NN=Cc1cccc2ccccc12)c1ccc(CSc2nc3ccccc3[nH]2)cc1. The third-order valence-electron chi connectivity index (χ3n) is 5.15. The Bertz CT molecular complexity index is 1380. The van der Waals surface area contributed by atoms with E-state index in [0.717, 1.165) is 43.8 Å². The Balaban J connectivity index is 1.19. The van der Waals surface area contributed by atoms with Crippen LogP contribution in [0.15, 0.2) is 101 Å². The molecule has 156 valence electrons. The highest BCUT2D eigenvalue weighted by atomic mass is 32.2. The number of aromatic nitrogens is 2. The molecule has 1 heterocycles. The number of carbonyl (C=O) groups excluding carboxylic acids is 1. The van der Waals surface area contributed by atoms with Gasteiger partial charge in [0.05, 0.1) is 17.2 Å². The van der Waals surface area contributed by atoms with Gasteiger partial charge < -0.3 is 4.98 Å². The first-order chi connectivity index (χ1) is 15.8. The maximum absolute atomic E-state index is 12.4. The molecule has 0 radical (unpaired) electrons. The summed E-state index contributed by atoms with van der Waals surface area (Å²) in [6, 6.07) is 29.6. The van der Waals surface area contributed by atoms with Gasteiger partial charge in [0.15, 0.2) is 5.16 Å². The van der Waals surface area contributed by atoms with Gasteiger partial charge in [-0.25, -0.2) is 10.4 Å². The Hall–Kier alpha value is -3.90. The highest BCUT2D eigenvalue weighted by Gasteiger charge is 2.06. The number of nitrogens with zero attached hydrogens (tertiary/aromatic N) is 2. The van der Waals surface area contributed by atoms with Crippen LogP contribution in [0.5, 0.6) is 0 Å². The summed E-state index contributed by atoms with van der Waals surface area (Å²) in [5.41, 5.74) is 7.26. The summed E-state index contributed by atoms with van der Waals surface area (Å²) in [4.78, 5) is 20.3. The van der Waals surface area contributed by atoms with Crippen LogP contribution in [0.25, 0.3) is 21.8 Å². The predicted molar refractivity (Wildman–Crippen MR) is 131 cm³/mol. The normalized spacial score (nSPS) is 11.4. The third-order valence-corrected chi connectivity index (χ3v) is 6.10. The summed E-state index contributed by atoms with van der Waals surface area (Å²) >= 11 is 1.64. The fraction of sp³-hybridized carbons (Fsp3) is 0.0385. The zero-order valence-corrected chi connectivity index (χ0v) is 18.0. The summed E-state index contributed by atoms with van der Waals surface area (Å²) in [6.45, 7) is 0. The fourth-order valence-corrected chi connectivity index (χ4v) is 4.33. The number of para-hydroxylation sites is 2. The van der Waals surface area contributed by atoms with Crippen molar-refractivity contribution in [2.75, 3.05) is 0 Å². The second-order valence-electron chi connectivity index (χ2n) is 7.31. The van der Waals surface area contributed by atoms with Crippen molar-refractivity contribution in [2.24, 2.45) is 5.10 Å². The quantitative estimate of drug-likeness (QED) is 0.202. The van der Waals surface area contributed by atoms with Crippen LogP contribution in [0.2, 0.25) is 0 Å². The van der Waals surface area contributed by atoms with E-state index in [4.69, 9.17) is 0 Å². The molecule has 0 aliphatic rings. The molecule has 0 saturated carbocycles.